The lowest BCUT2D eigenvalue weighted by atomic mass is 10.0. The van der Waals surface area contributed by atoms with Crippen molar-refractivity contribution < 1.29 is 5.11 Å². The first kappa shape index (κ1) is 11.3. The molecule has 1 N–H and O–H groups in total. The summed E-state index contributed by atoms with van der Waals surface area (Å²) < 4.78 is 0. The largest absolute Gasteiger partial charge is 0.393 e. The summed E-state index contributed by atoms with van der Waals surface area (Å²) in [6.07, 6.45) is 3.82. The second-order valence-corrected chi connectivity index (χ2v) is 3.99. The summed E-state index contributed by atoms with van der Waals surface area (Å²) in [4.78, 5) is 0. The van der Waals surface area contributed by atoms with Crippen LogP contribution in [0.4, 0.5) is 0 Å². The molecule has 0 aromatic heterocycles. The van der Waals surface area contributed by atoms with Crippen molar-refractivity contribution in [3.8, 4) is 0 Å². The lowest BCUT2D eigenvalue weighted by Crippen LogP contribution is -2.09. The molecule has 0 saturated carbocycles. The zero-order valence-corrected chi connectivity index (χ0v) is 9.16. The Hall–Kier alpha value is -0.820. The van der Waals surface area contributed by atoms with Gasteiger partial charge in [-0.15, -0.1) is 0 Å². The Labute approximate surface area is 86.8 Å². The molecule has 78 valence electrons. The van der Waals surface area contributed by atoms with Gasteiger partial charge in [-0.25, -0.2) is 0 Å². The average molecular weight is 192 g/mol. The van der Waals surface area contributed by atoms with Crippen molar-refractivity contribution in [2.45, 2.75) is 45.6 Å². The third-order valence-corrected chi connectivity index (χ3v) is 2.48. The van der Waals surface area contributed by atoms with Crippen molar-refractivity contribution in [3.05, 3.63) is 35.4 Å². The molecule has 0 bridgehead atoms. The van der Waals surface area contributed by atoms with E-state index in [-0.39, 0.29) is 6.10 Å². The van der Waals surface area contributed by atoms with Gasteiger partial charge >= 0.3 is 0 Å². The first-order valence-electron chi connectivity index (χ1n) is 5.46. The summed E-state index contributed by atoms with van der Waals surface area (Å²) in [5.41, 5.74) is 2.51. The molecule has 0 radical (unpaired) electrons. The van der Waals surface area contributed by atoms with Crippen LogP contribution in [0.25, 0.3) is 0 Å². The fraction of sp³-hybridized carbons (Fsp3) is 0.538. The van der Waals surface area contributed by atoms with Gasteiger partial charge in [-0.05, 0) is 25.3 Å². The normalized spacial score (nSPS) is 12.8. The second-order valence-electron chi connectivity index (χ2n) is 3.99. The van der Waals surface area contributed by atoms with E-state index in [2.05, 4.69) is 38.1 Å². The summed E-state index contributed by atoms with van der Waals surface area (Å²) in [6, 6.07) is 8.40. The van der Waals surface area contributed by atoms with Crippen LogP contribution in [-0.4, -0.2) is 11.2 Å². The predicted molar refractivity (Wildman–Crippen MR) is 60.4 cm³/mol. The molecule has 1 aromatic rings. The van der Waals surface area contributed by atoms with E-state index in [1.807, 2.05) is 0 Å². The van der Waals surface area contributed by atoms with E-state index >= 15 is 0 Å². The molecular formula is C13H20O. The van der Waals surface area contributed by atoms with Gasteiger partial charge in [-0.2, -0.15) is 0 Å². The Bertz CT molecular complexity index is 250. The summed E-state index contributed by atoms with van der Waals surface area (Å²) in [6.45, 7) is 4.23. The maximum atomic E-state index is 9.70. The van der Waals surface area contributed by atoms with Gasteiger partial charge in [0.15, 0.2) is 0 Å². The van der Waals surface area contributed by atoms with E-state index < -0.39 is 0 Å². The Balaban J connectivity index is 2.39. The molecule has 1 nitrogen and oxygen atoms in total. The van der Waals surface area contributed by atoms with Crippen LogP contribution in [0.5, 0.6) is 0 Å². The zero-order chi connectivity index (χ0) is 10.4. The van der Waals surface area contributed by atoms with Crippen LogP contribution in [-0.2, 0) is 6.42 Å². The fourth-order valence-electron chi connectivity index (χ4n) is 1.54. The summed E-state index contributed by atoms with van der Waals surface area (Å²) in [5, 5.41) is 9.70. The van der Waals surface area contributed by atoms with Crippen LogP contribution >= 0.6 is 0 Å². The number of aryl methyl sites for hydroxylation is 1. The molecule has 0 aliphatic carbocycles. The minimum atomic E-state index is -0.169. The Kier molecular flexibility index (Phi) is 4.68. The molecule has 1 heteroatoms. The Morgan fingerprint density at radius 1 is 1.21 bits per heavy atom. The number of benzene rings is 1. The minimum absolute atomic E-state index is 0.169. The third-order valence-electron chi connectivity index (χ3n) is 2.48. The molecule has 0 heterocycles. The molecule has 1 rings (SSSR count). The molecule has 0 spiro atoms. The van der Waals surface area contributed by atoms with Crippen LogP contribution in [0.3, 0.4) is 0 Å². The predicted octanol–water partition coefficient (Wildman–Crippen LogP) is 3.09. The van der Waals surface area contributed by atoms with Crippen molar-refractivity contribution in [2.24, 2.45) is 0 Å². The molecule has 1 aromatic carbocycles. The van der Waals surface area contributed by atoms with Crippen molar-refractivity contribution >= 4 is 0 Å². The summed E-state index contributed by atoms with van der Waals surface area (Å²) >= 11 is 0. The van der Waals surface area contributed by atoms with Gasteiger partial charge in [0, 0.05) is 0 Å². The van der Waals surface area contributed by atoms with E-state index in [4.69, 9.17) is 0 Å². The molecule has 14 heavy (non-hydrogen) atoms. The maximum absolute atomic E-state index is 9.70. The lowest BCUT2D eigenvalue weighted by Gasteiger charge is -2.09. The van der Waals surface area contributed by atoms with E-state index in [9.17, 15) is 5.11 Å². The number of unbranched alkanes of at least 4 members (excludes halogenated alkanes) is 1. The summed E-state index contributed by atoms with van der Waals surface area (Å²) in [5.74, 6) is 0. The van der Waals surface area contributed by atoms with Crippen molar-refractivity contribution in [1.82, 2.24) is 0 Å². The van der Waals surface area contributed by atoms with Gasteiger partial charge in [-0.1, -0.05) is 49.6 Å². The number of aliphatic hydroxyl groups excluding tert-OH is 1. The standard InChI is InChI=1S/C13H20O/c1-3-4-5-13(14)10-12-8-6-11(2)7-9-12/h6-9,13-14H,3-5,10H2,1-2H3. The number of aliphatic hydroxyl groups is 1. The average Bonchev–Trinajstić information content (AvgIpc) is 2.18. The molecule has 0 aliphatic rings. The van der Waals surface area contributed by atoms with Gasteiger partial charge < -0.3 is 5.11 Å². The highest BCUT2D eigenvalue weighted by atomic mass is 16.3. The Morgan fingerprint density at radius 2 is 1.86 bits per heavy atom. The third kappa shape index (κ3) is 3.93. The molecule has 0 amide bonds. The highest BCUT2D eigenvalue weighted by molar-refractivity contribution is 5.21. The molecule has 1 atom stereocenters. The molecule has 0 saturated heterocycles. The second kappa shape index (κ2) is 5.82. The van der Waals surface area contributed by atoms with Crippen LogP contribution in [0.15, 0.2) is 24.3 Å². The highest BCUT2D eigenvalue weighted by Crippen LogP contribution is 2.09. The van der Waals surface area contributed by atoms with Gasteiger partial charge in [-0.3, -0.25) is 0 Å². The lowest BCUT2D eigenvalue weighted by molar-refractivity contribution is 0.162. The van der Waals surface area contributed by atoms with E-state index in [1.165, 1.54) is 11.1 Å². The van der Waals surface area contributed by atoms with Gasteiger partial charge in [0.1, 0.15) is 0 Å². The molecule has 0 fully saturated rings. The fourth-order valence-corrected chi connectivity index (χ4v) is 1.54. The van der Waals surface area contributed by atoms with E-state index in [0.717, 1.165) is 25.7 Å². The zero-order valence-electron chi connectivity index (χ0n) is 9.16. The smallest absolute Gasteiger partial charge is 0.0580 e. The summed E-state index contributed by atoms with van der Waals surface area (Å²) in [7, 11) is 0. The monoisotopic (exact) mass is 192 g/mol. The van der Waals surface area contributed by atoms with Crippen LogP contribution in [0, 0.1) is 6.92 Å². The minimum Gasteiger partial charge on any atom is -0.393 e. The SMILES string of the molecule is CCCCC(O)Cc1ccc(C)cc1. The van der Waals surface area contributed by atoms with Crippen molar-refractivity contribution in [2.75, 3.05) is 0 Å². The van der Waals surface area contributed by atoms with Crippen molar-refractivity contribution in [3.63, 3.8) is 0 Å². The first-order valence-corrected chi connectivity index (χ1v) is 5.46. The van der Waals surface area contributed by atoms with Crippen LogP contribution in [0.1, 0.15) is 37.3 Å². The van der Waals surface area contributed by atoms with Gasteiger partial charge in [0.05, 0.1) is 6.10 Å². The Morgan fingerprint density at radius 3 is 2.43 bits per heavy atom. The van der Waals surface area contributed by atoms with E-state index in [1.54, 1.807) is 0 Å². The number of rotatable bonds is 5. The van der Waals surface area contributed by atoms with Crippen LogP contribution < -0.4 is 0 Å². The molecule has 1 unspecified atom stereocenters. The van der Waals surface area contributed by atoms with Crippen molar-refractivity contribution in [1.29, 1.82) is 0 Å². The quantitative estimate of drug-likeness (QED) is 0.760. The highest BCUT2D eigenvalue weighted by Gasteiger charge is 2.04. The topological polar surface area (TPSA) is 20.2 Å². The van der Waals surface area contributed by atoms with Gasteiger partial charge in [0.25, 0.3) is 0 Å². The van der Waals surface area contributed by atoms with E-state index in [0.29, 0.717) is 0 Å². The first-order chi connectivity index (χ1) is 6.72. The molecule has 0 aliphatic heterocycles. The van der Waals surface area contributed by atoms with Crippen LogP contribution in [0.2, 0.25) is 0 Å². The maximum Gasteiger partial charge on any atom is 0.0580 e. The van der Waals surface area contributed by atoms with Gasteiger partial charge in [0.2, 0.25) is 0 Å². The number of hydrogen-bond donors (Lipinski definition) is 1. The molecular weight excluding hydrogens is 172 g/mol. The number of hydrogen-bond acceptors (Lipinski definition) is 1.